The van der Waals surface area contributed by atoms with Crippen LogP contribution in [0.2, 0.25) is 5.02 Å². The summed E-state index contributed by atoms with van der Waals surface area (Å²) in [6.45, 7) is 7.23. The molecule has 1 unspecified atom stereocenters. The molecule has 0 aliphatic rings. The zero-order valence-electron chi connectivity index (χ0n) is 20.4. The topological polar surface area (TPSA) is 110 Å². The highest BCUT2D eigenvalue weighted by Crippen LogP contribution is 2.22. The number of furan rings is 1. The largest absolute Gasteiger partial charge is 0.459 e. The number of nitrogens with one attached hydrogen (secondary N) is 2. The van der Waals surface area contributed by atoms with Crippen molar-refractivity contribution in [2.45, 2.75) is 39.8 Å². The second kappa shape index (κ2) is 12.2. The molecule has 2 amide bonds. The third kappa shape index (κ3) is 7.29. The van der Waals surface area contributed by atoms with Gasteiger partial charge in [0.15, 0.2) is 0 Å². The first-order valence-corrected chi connectivity index (χ1v) is 11.8. The van der Waals surface area contributed by atoms with Crippen molar-refractivity contribution in [2.75, 3.05) is 0 Å². The molecular formula is C27H28ClN3O5. The monoisotopic (exact) mass is 509 g/mol. The summed E-state index contributed by atoms with van der Waals surface area (Å²) in [6, 6.07) is 15.9. The van der Waals surface area contributed by atoms with E-state index in [1.165, 1.54) is 6.21 Å². The Labute approximate surface area is 214 Å². The van der Waals surface area contributed by atoms with E-state index in [0.717, 1.165) is 5.56 Å². The molecular weight excluding hydrogens is 482 g/mol. The number of amides is 2. The van der Waals surface area contributed by atoms with E-state index in [4.69, 9.17) is 20.8 Å². The molecule has 1 aromatic heterocycles. The van der Waals surface area contributed by atoms with Crippen molar-refractivity contribution in [1.82, 2.24) is 10.7 Å². The first-order valence-electron chi connectivity index (χ1n) is 11.4. The molecule has 1 heterocycles. The molecule has 3 rings (SSSR count). The van der Waals surface area contributed by atoms with E-state index < -0.39 is 11.9 Å². The molecule has 0 spiro atoms. The first kappa shape index (κ1) is 26.7. The standard InChI is InChI=1S/C27H28ClN3O5/c1-16(2)24(30-25(32)19-9-11-21(28)12-10-19)26(33)31-29-15-22-13-14-23(36-22)18-5-7-20(8-6-18)27(34)35-17(3)4/h5-17,24H,1-4H3,(H,30,32)(H,31,33)/b29-15-. The van der Waals surface area contributed by atoms with Crippen molar-refractivity contribution in [3.8, 4) is 11.3 Å². The predicted octanol–water partition coefficient (Wildman–Crippen LogP) is 5.07. The Morgan fingerprint density at radius 2 is 1.56 bits per heavy atom. The summed E-state index contributed by atoms with van der Waals surface area (Å²) < 4.78 is 10.9. The van der Waals surface area contributed by atoms with Gasteiger partial charge >= 0.3 is 5.97 Å². The number of hydrogen-bond acceptors (Lipinski definition) is 6. The lowest BCUT2D eigenvalue weighted by Gasteiger charge is -2.20. The fourth-order valence-electron chi connectivity index (χ4n) is 3.22. The van der Waals surface area contributed by atoms with E-state index in [2.05, 4.69) is 15.8 Å². The Hall–Kier alpha value is -3.91. The number of carbonyl (C=O) groups excluding carboxylic acids is 3. The Morgan fingerprint density at radius 3 is 2.17 bits per heavy atom. The second-order valence-electron chi connectivity index (χ2n) is 8.67. The molecule has 3 aromatic rings. The summed E-state index contributed by atoms with van der Waals surface area (Å²) >= 11 is 5.86. The van der Waals surface area contributed by atoms with Crippen molar-refractivity contribution in [3.63, 3.8) is 0 Å². The smallest absolute Gasteiger partial charge is 0.338 e. The van der Waals surface area contributed by atoms with Crippen LogP contribution in [0.25, 0.3) is 11.3 Å². The van der Waals surface area contributed by atoms with E-state index in [-0.39, 0.29) is 23.9 Å². The van der Waals surface area contributed by atoms with Crippen LogP contribution in [0.5, 0.6) is 0 Å². The van der Waals surface area contributed by atoms with Crippen LogP contribution >= 0.6 is 11.6 Å². The lowest BCUT2D eigenvalue weighted by molar-refractivity contribution is -0.123. The summed E-state index contributed by atoms with van der Waals surface area (Å²) in [7, 11) is 0. The van der Waals surface area contributed by atoms with E-state index in [1.807, 2.05) is 13.8 Å². The molecule has 9 heteroatoms. The minimum Gasteiger partial charge on any atom is -0.459 e. The van der Waals surface area contributed by atoms with Gasteiger partial charge in [-0.25, -0.2) is 10.2 Å². The molecule has 8 nitrogen and oxygen atoms in total. The van der Waals surface area contributed by atoms with Crippen molar-refractivity contribution in [1.29, 1.82) is 0 Å². The van der Waals surface area contributed by atoms with E-state index in [9.17, 15) is 14.4 Å². The summed E-state index contributed by atoms with van der Waals surface area (Å²) in [5.41, 5.74) is 4.06. The maximum absolute atomic E-state index is 12.6. The summed E-state index contributed by atoms with van der Waals surface area (Å²) in [6.07, 6.45) is 1.17. The van der Waals surface area contributed by atoms with Crippen molar-refractivity contribution in [3.05, 3.63) is 82.6 Å². The molecule has 0 saturated carbocycles. The highest BCUT2D eigenvalue weighted by molar-refractivity contribution is 6.30. The van der Waals surface area contributed by atoms with Crippen molar-refractivity contribution >= 4 is 35.6 Å². The zero-order chi connectivity index (χ0) is 26.2. The van der Waals surface area contributed by atoms with Crippen LogP contribution in [-0.2, 0) is 9.53 Å². The zero-order valence-corrected chi connectivity index (χ0v) is 21.2. The molecule has 0 fully saturated rings. The number of hydrogen-bond donors (Lipinski definition) is 2. The van der Waals surface area contributed by atoms with Gasteiger partial charge < -0.3 is 14.5 Å². The number of esters is 1. The minimum atomic E-state index is -0.793. The maximum Gasteiger partial charge on any atom is 0.338 e. The molecule has 2 aromatic carbocycles. The number of hydrazone groups is 1. The Balaban J connectivity index is 1.59. The Morgan fingerprint density at radius 1 is 0.917 bits per heavy atom. The molecule has 0 saturated heterocycles. The molecule has 2 N–H and O–H groups in total. The Bertz CT molecular complexity index is 1230. The summed E-state index contributed by atoms with van der Waals surface area (Å²) in [4.78, 5) is 37.1. The normalized spacial score (nSPS) is 12.1. The van der Waals surface area contributed by atoms with Gasteiger partial charge in [0.25, 0.3) is 11.8 Å². The van der Waals surface area contributed by atoms with E-state index in [1.54, 1.807) is 74.5 Å². The van der Waals surface area contributed by atoms with Gasteiger partial charge in [0.05, 0.1) is 17.9 Å². The highest BCUT2D eigenvalue weighted by atomic mass is 35.5. The van der Waals surface area contributed by atoms with Gasteiger partial charge in [0.2, 0.25) is 0 Å². The van der Waals surface area contributed by atoms with Crippen LogP contribution in [0.3, 0.4) is 0 Å². The Kier molecular flexibility index (Phi) is 9.02. The molecule has 188 valence electrons. The van der Waals surface area contributed by atoms with Gasteiger partial charge in [-0.2, -0.15) is 5.10 Å². The number of nitrogens with zero attached hydrogens (tertiary/aromatic N) is 1. The van der Waals surface area contributed by atoms with Crippen LogP contribution in [0.1, 0.15) is 54.2 Å². The van der Waals surface area contributed by atoms with E-state index >= 15 is 0 Å². The number of ether oxygens (including phenoxy) is 1. The molecule has 0 bridgehead atoms. The van der Waals surface area contributed by atoms with Gasteiger partial charge in [-0.1, -0.05) is 37.6 Å². The van der Waals surface area contributed by atoms with E-state index in [0.29, 0.717) is 27.7 Å². The van der Waals surface area contributed by atoms with Crippen LogP contribution in [0.15, 0.2) is 70.2 Å². The fourth-order valence-corrected chi connectivity index (χ4v) is 3.35. The average molecular weight is 510 g/mol. The molecule has 0 aliphatic carbocycles. The van der Waals surface area contributed by atoms with Gasteiger partial charge in [-0.15, -0.1) is 0 Å². The van der Waals surface area contributed by atoms with Crippen molar-refractivity contribution in [2.24, 2.45) is 11.0 Å². The van der Waals surface area contributed by atoms with Crippen LogP contribution in [0.4, 0.5) is 0 Å². The van der Waals surface area contributed by atoms with Gasteiger partial charge in [0.1, 0.15) is 17.6 Å². The maximum atomic E-state index is 12.6. The predicted molar refractivity (Wildman–Crippen MR) is 138 cm³/mol. The number of halogens is 1. The molecule has 0 aliphatic heterocycles. The quantitative estimate of drug-likeness (QED) is 0.238. The number of carbonyl (C=O) groups is 3. The van der Waals surface area contributed by atoms with Crippen LogP contribution in [0, 0.1) is 5.92 Å². The molecule has 0 radical (unpaired) electrons. The minimum absolute atomic E-state index is 0.174. The molecule has 36 heavy (non-hydrogen) atoms. The van der Waals surface area contributed by atoms with Crippen LogP contribution < -0.4 is 10.7 Å². The third-order valence-electron chi connectivity index (χ3n) is 5.08. The van der Waals surface area contributed by atoms with Crippen molar-refractivity contribution < 1.29 is 23.5 Å². The third-order valence-corrected chi connectivity index (χ3v) is 5.34. The summed E-state index contributed by atoms with van der Waals surface area (Å²) in [5.74, 6) is -0.416. The lowest BCUT2D eigenvalue weighted by atomic mass is 10.0. The lowest BCUT2D eigenvalue weighted by Crippen LogP contribution is -2.48. The molecule has 1 atom stereocenters. The first-order chi connectivity index (χ1) is 17.1. The SMILES string of the molecule is CC(C)OC(=O)c1ccc(-c2ccc(/C=N\NC(=O)C(NC(=O)c3ccc(Cl)cc3)C(C)C)o2)cc1. The van der Waals surface area contributed by atoms with Gasteiger partial charge in [0, 0.05) is 16.1 Å². The number of benzene rings is 2. The summed E-state index contributed by atoms with van der Waals surface area (Å²) in [5, 5.41) is 7.20. The average Bonchev–Trinajstić information content (AvgIpc) is 3.31. The number of rotatable bonds is 9. The second-order valence-corrected chi connectivity index (χ2v) is 9.11. The highest BCUT2D eigenvalue weighted by Gasteiger charge is 2.24. The van der Waals surface area contributed by atoms with Gasteiger partial charge in [-0.05, 0) is 68.3 Å². The van der Waals surface area contributed by atoms with Gasteiger partial charge in [-0.3, -0.25) is 9.59 Å². The fraction of sp³-hybridized carbons (Fsp3) is 0.259. The van der Waals surface area contributed by atoms with Crippen LogP contribution in [-0.4, -0.2) is 36.1 Å².